The second kappa shape index (κ2) is 7.78. The minimum absolute atomic E-state index is 0.0428. The Morgan fingerprint density at radius 3 is 2.54 bits per heavy atom. The molecule has 2 aromatic heterocycles. The number of rotatable bonds is 5. The molecule has 4 rings (SSSR count). The van der Waals surface area contributed by atoms with Gasteiger partial charge in [0.15, 0.2) is 4.96 Å². The Morgan fingerprint density at radius 1 is 1.14 bits per heavy atom. The van der Waals surface area contributed by atoms with Gasteiger partial charge in [-0.15, -0.1) is 11.3 Å². The van der Waals surface area contributed by atoms with Gasteiger partial charge in [-0.2, -0.15) is 0 Å². The van der Waals surface area contributed by atoms with Crippen molar-refractivity contribution in [1.82, 2.24) is 9.38 Å². The van der Waals surface area contributed by atoms with E-state index in [4.69, 9.17) is 11.6 Å². The van der Waals surface area contributed by atoms with E-state index in [0.717, 1.165) is 27.6 Å². The van der Waals surface area contributed by atoms with Crippen molar-refractivity contribution in [2.24, 2.45) is 0 Å². The monoisotopic (exact) mass is 409 g/mol. The standard InChI is InChI=1S/C22H20ClN3OS/c1-14(2)15-5-9-18(10-6-15)24-21(27)11-19-13-28-22-25-20(12-26(19)22)16-3-7-17(23)8-4-16/h3-10,12-14H,11H2,1-2H3,(H,24,27). The first kappa shape index (κ1) is 18.7. The van der Waals surface area contributed by atoms with Gasteiger partial charge in [0.1, 0.15) is 0 Å². The van der Waals surface area contributed by atoms with Crippen molar-refractivity contribution in [1.29, 1.82) is 0 Å². The second-order valence-electron chi connectivity index (χ2n) is 7.01. The van der Waals surface area contributed by atoms with Crippen LogP contribution in [0.1, 0.15) is 31.0 Å². The van der Waals surface area contributed by atoms with Crippen LogP contribution in [0.4, 0.5) is 5.69 Å². The van der Waals surface area contributed by atoms with Gasteiger partial charge in [-0.05, 0) is 35.7 Å². The smallest absolute Gasteiger partial charge is 0.230 e. The number of nitrogens with zero attached hydrogens (tertiary/aromatic N) is 2. The van der Waals surface area contributed by atoms with Crippen LogP contribution in [-0.2, 0) is 11.2 Å². The number of hydrogen-bond donors (Lipinski definition) is 1. The third kappa shape index (κ3) is 3.96. The molecule has 4 nitrogen and oxygen atoms in total. The van der Waals surface area contributed by atoms with E-state index in [-0.39, 0.29) is 5.91 Å². The van der Waals surface area contributed by atoms with Crippen LogP contribution in [-0.4, -0.2) is 15.3 Å². The lowest BCUT2D eigenvalue weighted by molar-refractivity contribution is -0.115. The van der Waals surface area contributed by atoms with Crippen LogP contribution >= 0.6 is 22.9 Å². The van der Waals surface area contributed by atoms with E-state index in [9.17, 15) is 4.79 Å². The number of carbonyl (C=O) groups excluding carboxylic acids is 1. The lowest BCUT2D eigenvalue weighted by atomic mass is 10.0. The molecule has 0 saturated heterocycles. The molecule has 0 unspecified atom stereocenters. The van der Waals surface area contributed by atoms with Crippen molar-refractivity contribution in [3.8, 4) is 11.3 Å². The molecule has 0 radical (unpaired) electrons. The Kier molecular flexibility index (Phi) is 5.20. The topological polar surface area (TPSA) is 46.4 Å². The summed E-state index contributed by atoms with van der Waals surface area (Å²) in [5.41, 5.74) is 4.86. The van der Waals surface area contributed by atoms with Crippen LogP contribution in [0, 0.1) is 0 Å². The molecule has 2 heterocycles. The predicted molar refractivity (Wildman–Crippen MR) is 116 cm³/mol. The molecule has 142 valence electrons. The zero-order valence-electron chi connectivity index (χ0n) is 15.6. The number of halogens is 1. The molecule has 0 spiro atoms. The van der Waals surface area contributed by atoms with Crippen molar-refractivity contribution >= 4 is 39.5 Å². The Balaban J connectivity index is 1.49. The summed E-state index contributed by atoms with van der Waals surface area (Å²) in [5.74, 6) is 0.429. The zero-order chi connectivity index (χ0) is 19.7. The first-order chi connectivity index (χ1) is 13.5. The lowest BCUT2D eigenvalue weighted by Crippen LogP contribution is -2.15. The highest BCUT2D eigenvalue weighted by Gasteiger charge is 2.13. The number of anilines is 1. The van der Waals surface area contributed by atoms with Gasteiger partial charge in [-0.25, -0.2) is 4.98 Å². The molecule has 0 aliphatic carbocycles. The number of amides is 1. The van der Waals surface area contributed by atoms with Crippen LogP contribution in [0.2, 0.25) is 5.02 Å². The highest BCUT2D eigenvalue weighted by molar-refractivity contribution is 7.15. The highest BCUT2D eigenvalue weighted by atomic mass is 35.5. The van der Waals surface area contributed by atoms with E-state index in [1.54, 1.807) is 0 Å². The maximum atomic E-state index is 12.5. The van der Waals surface area contributed by atoms with Gasteiger partial charge in [0, 0.05) is 33.5 Å². The van der Waals surface area contributed by atoms with E-state index in [0.29, 0.717) is 17.4 Å². The molecule has 28 heavy (non-hydrogen) atoms. The minimum atomic E-state index is -0.0428. The fourth-order valence-electron chi connectivity index (χ4n) is 3.04. The van der Waals surface area contributed by atoms with Gasteiger partial charge in [0.05, 0.1) is 12.1 Å². The molecular formula is C22H20ClN3OS. The Labute approximate surface area is 172 Å². The molecule has 0 saturated carbocycles. The van der Waals surface area contributed by atoms with Crippen molar-refractivity contribution in [2.75, 3.05) is 5.32 Å². The van der Waals surface area contributed by atoms with Crippen molar-refractivity contribution in [2.45, 2.75) is 26.2 Å². The molecule has 0 aliphatic rings. The number of thiazole rings is 1. The largest absolute Gasteiger partial charge is 0.326 e. The fraction of sp³-hybridized carbons (Fsp3) is 0.182. The summed E-state index contributed by atoms with van der Waals surface area (Å²) in [7, 11) is 0. The molecule has 0 fully saturated rings. The van der Waals surface area contributed by atoms with E-state index >= 15 is 0 Å². The summed E-state index contributed by atoms with van der Waals surface area (Å²) in [6.45, 7) is 4.30. The Hall–Kier alpha value is -2.63. The Morgan fingerprint density at radius 2 is 1.86 bits per heavy atom. The first-order valence-electron chi connectivity index (χ1n) is 9.11. The maximum absolute atomic E-state index is 12.5. The summed E-state index contributed by atoms with van der Waals surface area (Å²) < 4.78 is 1.98. The minimum Gasteiger partial charge on any atom is -0.326 e. The van der Waals surface area contributed by atoms with Gasteiger partial charge >= 0.3 is 0 Å². The molecule has 0 atom stereocenters. The summed E-state index contributed by atoms with van der Waals surface area (Å²) in [6, 6.07) is 15.6. The summed E-state index contributed by atoms with van der Waals surface area (Å²) in [5, 5.41) is 5.65. The molecule has 6 heteroatoms. The first-order valence-corrected chi connectivity index (χ1v) is 10.4. The van der Waals surface area contributed by atoms with Crippen molar-refractivity contribution in [3.05, 3.63) is 76.4 Å². The van der Waals surface area contributed by atoms with E-state index in [2.05, 4.69) is 36.3 Å². The molecule has 1 N–H and O–H groups in total. The molecular weight excluding hydrogens is 390 g/mol. The van der Waals surface area contributed by atoms with E-state index in [1.807, 2.05) is 52.4 Å². The van der Waals surface area contributed by atoms with Gasteiger partial charge < -0.3 is 5.32 Å². The van der Waals surface area contributed by atoms with Crippen LogP contribution < -0.4 is 5.32 Å². The average Bonchev–Trinajstić information content (AvgIpc) is 3.25. The third-order valence-corrected chi connectivity index (χ3v) is 5.77. The highest BCUT2D eigenvalue weighted by Crippen LogP contribution is 2.25. The lowest BCUT2D eigenvalue weighted by Gasteiger charge is -2.08. The molecule has 0 bridgehead atoms. The predicted octanol–water partition coefficient (Wildman–Crippen LogP) is 6.02. The Bertz CT molecular complexity index is 1110. The van der Waals surface area contributed by atoms with Gasteiger partial charge in [-0.3, -0.25) is 9.20 Å². The van der Waals surface area contributed by atoms with Crippen molar-refractivity contribution in [3.63, 3.8) is 0 Å². The zero-order valence-corrected chi connectivity index (χ0v) is 17.2. The summed E-state index contributed by atoms with van der Waals surface area (Å²) in [6.07, 6.45) is 2.26. The number of nitrogens with one attached hydrogen (secondary N) is 1. The average molecular weight is 410 g/mol. The second-order valence-corrected chi connectivity index (χ2v) is 8.29. The van der Waals surface area contributed by atoms with E-state index < -0.39 is 0 Å². The van der Waals surface area contributed by atoms with Gasteiger partial charge in [0.2, 0.25) is 5.91 Å². The SMILES string of the molecule is CC(C)c1ccc(NC(=O)Cc2csc3nc(-c4ccc(Cl)cc4)cn23)cc1. The number of fused-ring (bicyclic) bond motifs is 1. The summed E-state index contributed by atoms with van der Waals surface area (Å²) >= 11 is 7.49. The normalized spacial score (nSPS) is 11.3. The summed E-state index contributed by atoms with van der Waals surface area (Å²) in [4.78, 5) is 18.0. The van der Waals surface area contributed by atoms with E-state index in [1.165, 1.54) is 16.9 Å². The number of imidazole rings is 1. The van der Waals surface area contributed by atoms with Gasteiger partial charge in [0.25, 0.3) is 0 Å². The van der Waals surface area contributed by atoms with Crippen LogP contribution in [0.5, 0.6) is 0 Å². The number of carbonyl (C=O) groups is 1. The van der Waals surface area contributed by atoms with Crippen LogP contribution in [0.15, 0.2) is 60.1 Å². The molecule has 0 aliphatic heterocycles. The number of aromatic nitrogens is 2. The molecule has 2 aromatic carbocycles. The number of benzene rings is 2. The molecule has 4 aromatic rings. The van der Waals surface area contributed by atoms with Crippen molar-refractivity contribution < 1.29 is 4.79 Å². The fourth-order valence-corrected chi connectivity index (χ4v) is 4.04. The third-order valence-electron chi connectivity index (χ3n) is 4.63. The quantitative estimate of drug-likeness (QED) is 0.438. The van der Waals surface area contributed by atoms with Crippen LogP contribution in [0.3, 0.4) is 0 Å². The number of hydrogen-bond acceptors (Lipinski definition) is 3. The van der Waals surface area contributed by atoms with Gasteiger partial charge in [-0.1, -0.05) is 49.7 Å². The maximum Gasteiger partial charge on any atom is 0.230 e. The molecule has 1 amide bonds. The van der Waals surface area contributed by atoms with Crippen LogP contribution in [0.25, 0.3) is 16.2 Å².